The molecule has 1 fully saturated rings. The van der Waals surface area contributed by atoms with E-state index in [9.17, 15) is 4.79 Å². The molecule has 0 aliphatic carbocycles. The molecule has 1 heterocycles. The van der Waals surface area contributed by atoms with Gasteiger partial charge >= 0.3 is 0 Å². The van der Waals surface area contributed by atoms with Crippen molar-refractivity contribution in [2.45, 2.75) is 32.2 Å². The van der Waals surface area contributed by atoms with Gasteiger partial charge in [0.2, 0.25) is 5.91 Å². The van der Waals surface area contributed by atoms with Crippen molar-refractivity contribution in [1.29, 1.82) is 0 Å². The lowest BCUT2D eigenvalue weighted by atomic mass is 10.1. The molecule has 5 heteroatoms. The third-order valence-electron chi connectivity index (χ3n) is 2.93. The summed E-state index contributed by atoms with van der Waals surface area (Å²) >= 11 is 1.81. The van der Waals surface area contributed by atoms with Crippen molar-refractivity contribution < 1.29 is 9.90 Å². The molecule has 0 radical (unpaired) electrons. The van der Waals surface area contributed by atoms with Crippen molar-refractivity contribution >= 4 is 17.7 Å². The number of likely N-dealkylation sites (tertiary alicyclic amines) is 1. The Balaban J connectivity index is 2.20. The van der Waals surface area contributed by atoms with E-state index in [2.05, 4.69) is 5.32 Å². The zero-order chi connectivity index (χ0) is 12.5. The fourth-order valence-corrected chi connectivity index (χ4v) is 2.93. The van der Waals surface area contributed by atoms with Crippen molar-refractivity contribution in [2.75, 3.05) is 37.7 Å². The summed E-state index contributed by atoms with van der Waals surface area (Å²) in [6.45, 7) is 4.91. The van der Waals surface area contributed by atoms with Crippen LogP contribution in [0, 0.1) is 0 Å². The number of hydrogen-bond donors (Lipinski definition) is 2. The minimum atomic E-state index is 0.0381. The summed E-state index contributed by atoms with van der Waals surface area (Å²) in [4.78, 5) is 14.0. The molecular weight excluding hydrogens is 236 g/mol. The van der Waals surface area contributed by atoms with Crippen LogP contribution in [-0.2, 0) is 4.79 Å². The van der Waals surface area contributed by atoms with Crippen molar-refractivity contribution in [1.82, 2.24) is 10.2 Å². The molecule has 2 N–H and O–H groups in total. The first-order valence-corrected chi connectivity index (χ1v) is 7.65. The van der Waals surface area contributed by atoms with Gasteiger partial charge in [0.1, 0.15) is 0 Å². The lowest BCUT2D eigenvalue weighted by Gasteiger charge is -2.32. The predicted octanol–water partition coefficient (Wildman–Crippen LogP) is 0.702. The van der Waals surface area contributed by atoms with Crippen LogP contribution in [0.5, 0.6) is 0 Å². The van der Waals surface area contributed by atoms with Crippen LogP contribution in [0.15, 0.2) is 0 Å². The second kappa shape index (κ2) is 8.78. The molecular formula is C12H24N2O2S. The fourth-order valence-electron chi connectivity index (χ4n) is 2.04. The number of aliphatic hydroxyl groups excluding tert-OH is 1. The first-order chi connectivity index (χ1) is 8.29. The summed E-state index contributed by atoms with van der Waals surface area (Å²) < 4.78 is 0. The van der Waals surface area contributed by atoms with E-state index in [1.807, 2.05) is 23.6 Å². The van der Waals surface area contributed by atoms with E-state index in [1.165, 1.54) is 0 Å². The van der Waals surface area contributed by atoms with Gasteiger partial charge in [-0.15, -0.1) is 0 Å². The molecule has 1 amide bonds. The van der Waals surface area contributed by atoms with E-state index in [0.717, 1.165) is 50.4 Å². The Morgan fingerprint density at radius 1 is 1.53 bits per heavy atom. The number of amides is 1. The molecule has 0 spiro atoms. The highest BCUT2D eigenvalue weighted by atomic mass is 32.2. The van der Waals surface area contributed by atoms with Gasteiger partial charge < -0.3 is 15.3 Å². The second-order valence-corrected chi connectivity index (χ2v) is 5.49. The highest BCUT2D eigenvalue weighted by molar-refractivity contribution is 7.99. The quantitative estimate of drug-likeness (QED) is 0.631. The van der Waals surface area contributed by atoms with Crippen LogP contribution in [0.25, 0.3) is 0 Å². The molecule has 0 saturated carbocycles. The first-order valence-electron chi connectivity index (χ1n) is 6.50. The fraction of sp³-hybridized carbons (Fsp3) is 0.917. The van der Waals surface area contributed by atoms with Crippen LogP contribution in [0.3, 0.4) is 0 Å². The summed E-state index contributed by atoms with van der Waals surface area (Å²) in [6, 6.07) is 0.0381. The molecule has 4 nitrogen and oxygen atoms in total. The Morgan fingerprint density at radius 2 is 2.35 bits per heavy atom. The van der Waals surface area contributed by atoms with Gasteiger partial charge in [-0.3, -0.25) is 4.79 Å². The third kappa shape index (κ3) is 5.27. The number of carbonyl (C=O) groups is 1. The molecule has 1 atom stereocenters. The molecule has 0 aromatic heterocycles. The third-order valence-corrected chi connectivity index (χ3v) is 3.98. The standard InChI is InChI=1S/C12H24N2O2S/c1-2-13-11-5-3-6-14(12(11)16)7-10-17-9-4-8-15/h11,13,15H,2-10H2,1H3. The minimum Gasteiger partial charge on any atom is -0.396 e. The Kier molecular flexibility index (Phi) is 7.64. The molecule has 1 saturated heterocycles. The van der Waals surface area contributed by atoms with E-state index in [-0.39, 0.29) is 18.6 Å². The predicted molar refractivity (Wildman–Crippen MR) is 72.3 cm³/mol. The van der Waals surface area contributed by atoms with Gasteiger partial charge in [-0.1, -0.05) is 6.92 Å². The highest BCUT2D eigenvalue weighted by Gasteiger charge is 2.27. The van der Waals surface area contributed by atoms with Crippen LogP contribution in [0.4, 0.5) is 0 Å². The van der Waals surface area contributed by atoms with Crippen LogP contribution >= 0.6 is 11.8 Å². The van der Waals surface area contributed by atoms with Crippen LogP contribution in [-0.4, -0.2) is 59.7 Å². The monoisotopic (exact) mass is 260 g/mol. The summed E-state index contributed by atoms with van der Waals surface area (Å²) in [6.07, 6.45) is 2.92. The number of aliphatic hydroxyl groups is 1. The highest BCUT2D eigenvalue weighted by Crippen LogP contribution is 2.13. The number of nitrogens with zero attached hydrogens (tertiary/aromatic N) is 1. The number of thioether (sulfide) groups is 1. The Morgan fingerprint density at radius 3 is 3.06 bits per heavy atom. The van der Waals surface area contributed by atoms with Crippen molar-refractivity contribution in [2.24, 2.45) is 0 Å². The molecule has 17 heavy (non-hydrogen) atoms. The number of nitrogens with one attached hydrogen (secondary N) is 1. The lowest BCUT2D eigenvalue weighted by Crippen LogP contribution is -2.51. The van der Waals surface area contributed by atoms with E-state index < -0.39 is 0 Å². The van der Waals surface area contributed by atoms with E-state index >= 15 is 0 Å². The zero-order valence-corrected chi connectivity index (χ0v) is 11.5. The van der Waals surface area contributed by atoms with Crippen LogP contribution in [0.2, 0.25) is 0 Å². The minimum absolute atomic E-state index is 0.0381. The van der Waals surface area contributed by atoms with Gasteiger partial charge in [0.15, 0.2) is 0 Å². The van der Waals surface area contributed by atoms with Gasteiger partial charge in [-0.2, -0.15) is 11.8 Å². The molecule has 1 unspecified atom stereocenters. The average Bonchev–Trinajstić information content (AvgIpc) is 2.33. The smallest absolute Gasteiger partial charge is 0.239 e. The number of hydrogen-bond acceptors (Lipinski definition) is 4. The molecule has 0 aromatic rings. The van der Waals surface area contributed by atoms with E-state index in [4.69, 9.17) is 5.11 Å². The molecule has 1 rings (SSSR count). The molecule has 1 aliphatic heterocycles. The van der Waals surface area contributed by atoms with Crippen molar-refractivity contribution in [3.05, 3.63) is 0 Å². The normalized spacial score (nSPS) is 20.9. The number of piperidine rings is 1. The molecule has 0 aromatic carbocycles. The second-order valence-electron chi connectivity index (χ2n) is 4.27. The van der Waals surface area contributed by atoms with Crippen molar-refractivity contribution in [3.63, 3.8) is 0 Å². The molecule has 1 aliphatic rings. The number of carbonyl (C=O) groups excluding carboxylic acids is 1. The van der Waals surface area contributed by atoms with Gasteiger partial charge in [0.25, 0.3) is 0 Å². The maximum Gasteiger partial charge on any atom is 0.239 e. The number of likely N-dealkylation sites (N-methyl/N-ethyl adjacent to an activating group) is 1. The SMILES string of the molecule is CCNC1CCCN(CCSCCCO)C1=O. The van der Waals surface area contributed by atoms with Gasteiger partial charge in [0, 0.05) is 25.4 Å². The molecule has 0 bridgehead atoms. The summed E-state index contributed by atoms with van der Waals surface area (Å²) in [5.41, 5.74) is 0. The van der Waals surface area contributed by atoms with Gasteiger partial charge in [-0.25, -0.2) is 0 Å². The van der Waals surface area contributed by atoms with E-state index in [0.29, 0.717) is 0 Å². The van der Waals surface area contributed by atoms with E-state index in [1.54, 1.807) is 0 Å². The summed E-state index contributed by atoms with van der Waals surface area (Å²) in [5.74, 6) is 2.22. The van der Waals surface area contributed by atoms with Crippen LogP contribution in [0.1, 0.15) is 26.2 Å². The van der Waals surface area contributed by atoms with Gasteiger partial charge in [0.05, 0.1) is 6.04 Å². The van der Waals surface area contributed by atoms with Crippen LogP contribution < -0.4 is 5.32 Å². The maximum absolute atomic E-state index is 12.0. The number of rotatable bonds is 8. The zero-order valence-electron chi connectivity index (χ0n) is 10.7. The Bertz CT molecular complexity index is 225. The maximum atomic E-state index is 12.0. The van der Waals surface area contributed by atoms with Crippen molar-refractivity contribution in [3.8, 4) is 0 Å². The topological polar surface area (TPSA) is 52.6 Å². The summed E-state index contributed by atoms with van der Waals surface area (Å²) in [7, 11) is 0. The van der Waals surface area contributed by atoms with Gasteiger partial charge in [-0.05, 0) is 31.6 Å². The first kappa shape index (κ1) is 14.8. The lowest BCUT2D eigenvalue weighted by molar-refractivity contribution is -0.135. The molecule has 100 valence electrons. The largest absolute Gasteiger partial charge is 0.396 e. The Hall–Kier alpha value is -0.260. The Labute approximate surface area is 108 Å². The average molecular weight is 260 g/mol. The summed E-state index contributed by atoms with van der Waals surface area (Å²) in [5, 5.41) is 11.9.